The van der Waals surface area contributed by atoms with Gasteiger partial charge in [-0.05, 0) is 42.1 Å². The molecular weight excluding hydrogens is 412 g/mol. The molecular formula is C19H12F4N2O3S. The summed E-state index contributed by atoms with van der Waals surface area (Å²) in [6, 6.07) is 9.60. The Balaban J connectivity index is 1.70. The smallest absolute Gasteiger partial charge is 0.325 e. The van der Waals surface area contributed by atoms with E-state index in [0.29, 0.717) is 16.7 Å². The number of nitrogens with one attached hydrogen (secondary N) is 1. The van der Waals surface area contributed by atoms with Gasteiger partial charge in [0.2, 0.25) is 5.91 Å². The highest BCUT2D eigenvalue weighted by atomic mass is 32.2. The molecule has 0 aliphatic carbocycles. The average molecular weight is 424 g/mol. The molecule has 3 amide bonds. The molecule has 10 heteroatoms. The summed E-state index contributed by atoms with van der Waals surface area (Å²) >= 11 is 0.543. The van der Waals surface area contributed by atoms with Crippen molar-refractivity contribution in [1.82, 2.24) is 4.90 Å². The van der Waals surface area contributed by atoms with Gasteiger partial charge in [0.15, 0.2) is 0 Å². The molecule has 2 aromatic carbocycles. The summed E-state index contributed by atoms with van der Waals surface area (Å²) in [6.07, 6.45) is -3.38. The van der Waals surface area contributed by atoms with Crippen molar-refractivity contribution in [3.05, 3.63) is 70.4 Å². The van der Waals surface area contributed by atoms with Crippen molar-refractivity contribution in [2.75, 3.05) is 11.9 Å². The second-order valence-electron chi connectivity index (χ2n) is 5.92. The van der Waals surface area contributed by atoms with Crippen molar-refractivity contribution in [2.24, 2.45) is 0 Å². The molecule has 1 fully saturated rings. The number of halogens is 4. The van der Waals surface area contributed by atoms with Gasteiger partial charge in [0, 0.05) is 11.3 Å². The summed E-state index contributed by atoms with van der Waals surface area (Å²) in [5, 5.41) is 1.48. The van der Waals surface area contributed by atoms with E-state index in [1.165, 1.54) is 30.3 Å². The zero-order chi connectivity index (χ0) is 21.2. The first-order valence-electron chi connectivity index (χ1n) is 8.12. The van der Waals surface area contributed by atoms with Crippen molar-refractivity contribution < 1.29 is 31.9 Å². The number of nitrogens with zero attached hydrogens (tertiary/aromatic N) is 1. The van der Waals surface area contributed by atoms with Crippen LogP contribution in [0.25, 0.3) is 6.08 Å². The Morgan fingerprint density at radius 3 is 2.52 bits per heavy atom. The first-order valence-corrected chi connectivity index (χ1v) is 8.94. The van der Waals surface area contributed by atoms with Crippen LogP contribution in [0.15, 0.2) is 53.4 Å². The first-order chi connectivity index (χ1) is 13.6. The Bertz CT molecular complexity index is 1020. The molecule has 1 aliphatic rings. The number of hydrogen-bond donors (Lipinski definition) is 1. The van der Waals surface area contributed by atoms with E-state index in [-0.39, 0.29) is 16.2 Å². The van der Waals surface area contributed by atoms with Crippen molar-refractivity contribution in [2.45, 2.75) is 6.18 Å². The van der Waals surface area contributed by atoms with Crippen LogP contribution in [0.3, 0.4) is 0 Å². The van der Waals surface area contributed by atoms with Crippen LogP contribution in [0.4, 0.5) is 28.0 Å². The van der Waals surface area contributed by atoms with Crippen LogP contribution in [0.5, 0.6) is 0 Å². The molecule has 1 aliphatic heterocycles. The van der Waals surface area contributed by atoms with Crippen LogP contribution >= 0.6 is 11.8 Å². The standard InChI is InChI=1S/C19H12F4N2O3S/c20-14-7-2-1-4-11(14)8-15-17(27)25(18(28)29-15)10-16(26)24-13-6-3-5-12(9-13)19(21,22)23/h1-9H,10H2,(H,24,26)/b15-8-. The van der Waals surface area contributed by atoms with E-state index in [1.807, 2.05) is 0 Å². The largest absolute Gasteiger partial charge is 0.416 e. The average Bonchev–Trinajstić information content (AvgIpc) is 2.90. The van der Waals surface area contributed by atoms with Gasteiger partial charge in [0.05, 0.1) is 10.5 Å². The molecule has 3 rings (SSSR count). The molecule has 0 radical (unpaired) electrons. The summed E-state index contributed by atoms with van der Waals surface area (Å²) in [6.45, 7) is -0.685. The number of alkyl halides is 3. The van der Waals surface area contributed by atoms with Crippen molar-refractivity contribution in [1.29, 1.82) is 0 Å². The third kappa shape index (κ3) is 4.83. The SMILES string of the molecule is O=C(CN1C(=O)S/C(=C\c2ccccc2F)C1=O)Nc1cccc(C(F)(F)F)c1. The monoisotopic (exact) mass is 424 g/mol. The zero-order valence-corrected chi connectivity index (χ0v) is 15.3. The molecule has 2 aromatic rings. The molecule has 0 aromatic heterocycles. The Kier molecular flexibility index (Phi) is 5.73. The fourth-order valence-electron chi connectivity index (χ4n) is 2.49. The molecule has 1 heterocycles. The number of amides is 3. The Labute approximate surface area is 166 Å². The Morgan fingerprint density at radius 2 is 1.83 bits per heavy atom. The lowest BCUT2D eigenvalue weighted by molar-refractivity contribution is -0.137. The number of anilines is 1. The molecule has 0 atom stereocenters. The maximum atomic E-state index is 13.7. The van der Waals surface area contributed by atoms with Crippen LogP contribution < -0.4 is 5.32 Å². The summed E-state index contributed by atoms with van der Waals surface area (Å²) in [5.41, 5.74) is -0.973. The summed E-state index contributed by atoms with van der Waals surface area (Å²) in [4.78, 5) is 37.1. The van der Waals surface area contributed by atoms with Crippen molar-refractivity contribution in [3.63, 3.8) is 0 Å². The number of benzene rings is 2. The molecule has 1 N–H and O–H groups in total. The van der Waals surface area contributed by atoms with E-state index < -0.39 is 41.2 Å². The van der Waals surface area contributed by atoms with Crippen molar-refractivity contribution >= 4 is 40.6 Å². The fraction of sp³-hybridized carbons (Fsp3) is 0.105. The molecule has 0 saturated carbocycles. The molecule has 1 saturated heterocycles. The highest BCUT2D eigenvalue weighted by molar-refractivity contribution is 8.18. The first kappa shape index (κ1) is 20.6. The van der Waals surface area contributed by atoms with Gasteiger partial charge in [0.1, 0.15) is 12.4 Å². The maximum Gasteiger partial charge on any atom is 0.416 e. The predicted octanol–water partition coefficient (Wildman–Crippen LogP) is 4.52. The Morgan fingerprint density at radius 1 is 1.10 bits per heavy atom. The number of hydrogen-bond acceptors (Lipinski definition) is 4. The minimum atomic E-state index is -4.58. The van der Waals surface area contributed by atoms with Crippen LogP contribution in [-0.4, -0.2) is 28.5 Å². The van der Waals surface area contributed by atoms with Gasteiger partial charge in [0.25, 0.3) is 11.1 Å². The van der Waals surface area contributed by atoms with Gasteiger partial charge >= 0.3 is 6.18 Å². The molecule has 0 unspecified atom stereocenters. The Hall–Kier alpha value is -3.14. The van der Waals surface area contributed by atoms with E-state index in [0.717, 1.165) is 18.2 Å². The van der Waals surface area contributed by atoms with Gasteiger partial charge in [-0.25, -0.2) is 4.39 Å². The zero-order valence-electron chi connectivity index (χ0n) is 14.5. The highest BCUT2D eigenvalue weighted by Crippen LogP contribution is 2.33. The van der Waals surface area contributed by atoms with Crippen molar-refractivity contribution in [3.8, 4) is 0 Å². The molecule has 29 heavy (non-hydrogen) atoms. The number of rotatable bonds is 4. The lowest BCUT2D eigenvalue weighted by atomic mass is 10.2. The quantitative estimate of drug-likeness (QED) is 0.579. The number of thioether (sulfide) groups is 1. The second kappa shape index (κ2) is 8.08. The molecule has 5 nitrogen and oxygen atoms in total. The minimum Gasteiger partial charge on any atom is -0.325 e. The van der Waals surface area contributed by atoms with E-state index in [2.05, 4.69) is 5.32 Å². The summed E-state index contributed by atoms with van der Waals surface area (Å²) in [5.74, 6) is -2.22. The minimum absolute atomic E-state index is 0.0630. The number of carbonyl (C=O) groups excluding carboxylic acids is 3. The van der Waals surface area contributed by atoms with E-state index in [4.69, 9.17) is 0 Å². The third-order valence-corrected chi connectivity index (χ3v) is 4.75. The van der Waals surface area contributed by atoms with Gasteiger partial charge in [-0.3, -0.25) is 19.3 Å². The van der Waals surface area contributed by atoms with Gasteiger partial charge in [-0.2, -0.15) is 13.2 Å². The van der Waals surface area contributed by atoms with E-state index in [9.17, 15) is 31.9 Å². The summed E-state index contributed by atoms with van der Waals surface area (Å²) < 4.78 is 51.9. The lowest BCUT2D eigenvalue weighted by Crippen LogP contribution is -2.36. The third-order valence-electron chi connectivity index (χ3n) is 3.84. The van der Waals surface area contributed by atoms with E-state index in [1.54, 1.807) is 6.07 Å². The van der Waals surface area contributed by atoms with Gasteiger partial charge < -0.3 is 5.32 Å². The molecule has 0 spiro atoms. The van der Waals surface area contributed by atoms with Crippen LogP contribution in [0.1, 0.15) is 11.1 Å². The normalized spacial score (nSPS) is 15.9. The molecule has 150 valence electrons. The molecule has 0 bridgehead atoms. The number of imide groups is 1. The van der Waals surface area contributed by atoms with Crippen LogP contribution in [0, 0.1) is 5.82 Å². The van der Waals surface area contributed by atoms with Crippen LogP contribution in [0.2, 0.25) is 0 Å². The number of carbonyl (C=O) groups is 3. The second-order valence-corrected chi connectivity index (χ2v) is 6.91. The van der Waals surface area contributed by atoms with Crippen LogP contribution in [-0.2, 0) is 15.8 Å². The lowest BCUT2D eigenvalue weighted by Gasteiger charge is -2.13. The fourth-order valence-corrected chi connectivity index (χ4v) is 3.32. The van der Waals surface area contributed by atoms with Gasteiger partial charge in [-0.1, -0.05) is 24.3 Å². The topological polar surface area (TPSA) is 66.5 Å². The maximum absolute atomic E-state index is 13.7. The van der Waals surface area contributed by atoms with E-state index >= 15 is 0 Å². The highest BCUT2D eigenvalue weighted by Gasteiger charge is 2.36. The van der Waals surface area contributed by atoms with Gasteiger partial charge in [-0.15, -0.1) is 0 Å². The summed E-state index contributed by atoms with van der Waals surface area (Å²) in [7, 11) is 0. The predicted molar refractivity (Wildman–Crippen MR) is 99.2 cm³/mol.